The van der Waals surface area contributed by atoms with Gasteiger partial charge in [-0.15, -0.1) is 0 Å². The zero-order chi connectivity index (χ0) is 15.5. The Morgan fingerprint density at radius 1 is 1.33 bits per heavy atom. The highest BCUT2D eigenvalue weighted by molar-refractivity contribution is 5.79. The van der Waals surface area contributed by atoms with E-state index in [1.54, 1.807) is 7.11 Å². The van der Waals surface area contributed by atoms with Crippen LogP contribution >= 0.6 is 0 Å². The van der Waals surface area contributed by atoms with Crippen LogP contribution in [0.15, 0.2) is 24.3 Å². The molecule has 1 aliphatic heterocycles. The second-order valence-corrected chi connectivity index (χ2v) is 4.98. The Labute approximate surface area is 120 Å². The van der Waals surface area contributed by atoms with E-state index < -0.39 is 11.7 Å². The van der Waals surface area contributed by atoms with Gasteiger partial charge in [0.2, 0.25) is 5.91 Å². The Bertz CT molecular complexity index is 488. The number of ether oxygens (including phenoxy) is 1. The maximum atomic E-state index is 12.4. The van der Waals surface area contributed by atoms with E-state index in [1.165, 1.54) is 12.1 Å². The van der Waals surface area contributed by atoms with E-state index in [-0.39, 0.29) is 24.5 Å². The minimum absolute atomic E-state index is 0.0467. The Morgan fingerprint density at radius 2 is 2.00 bits per heavy atom. The van der Waals surface area contributed by atoms with Crippen LogP contribution in [0.5, 0.6) is 0 Å². The molecule has 7 heteroatoms. The first kappa shape index (κ1) is 15.8. The number of rotatable bonds is 4. The number of nitrogens with one attached hydrogen (secondary N) is 2. The third-order valence-electron chi connectivity index (χ3n) is 3.45. The van der Waals surface area contributed by atoms with Gasteiger partial charge in [0.25, 0.3) is 0 Å². The van der Waals surface area contributed by atoms with E-state index in [0.29, 0.717) is 18.7 Å². The molecule has 0 aliphatic carbocycles. The normalized spacial score (nSPS) is 22.3. The van der Waals surface area contributed by atoms with E-state index in [4.69, 9.17) is 4.74 Å². The van der Waals surface area contributed by atoms with Crippen molar-refractivity contribution in [1.29, 1.82) is 0 Å². The molecule has 1 amide bonds. The van der Waals surface area contributed by atoms with Crippen LogP contribution in [-0.4, -0.2) is 38.3 Å². The van der Waals surface area contributed by atoms with Crippen LogP contribution in [0.1, 0.15) is 11.1 Å². The van der Waals surface area contributed by atoms with Crippen molar-refractivity contribution < 1.29 is 22.7 Å². The van der Waals surface area contributed by atoms with Crippen molar-refractivity contribution in [2.24, 2.45) is 0 Å². The molecule has 1 aromatic rings. The van der Waals surface area contributed by atoms with Crippen molar-refractivity contribution in [3.8, 4) is 0 Å². The Hall–Kier alpha value is -1.60. The molecule has 1 heterocycles. The van der Waals surface area contributed by atoms with Crippen LogP contribution in [0.3, 0.4) is 0 Å². The van der Waals surface area contributed by atoms with Crippen molar-refractivity contribution in [1.82, 2.24) is 10.6 Å². The lowest BCUT2D eigenvalue weighted by atomic mass is 10.1. The van der Waals surface area contributed by atoms with Crippen molar-refractivity contribution in [2.45, 2.75) is 24.7 Å². The van der Waals surface area contributed by atoms with Crippen LogP contribution in [0.25, 0.3) is 0 Å². The number of halogens is 3. The second kappa shape index (κ2) is 6.44. The molecule has 116 valence electrons. The number of carbonyl (C=O) groups excluding carboxylic acids is 1. The zero-order valence-electron chi connectivity index (χ0n) is 11.5. The van der Waals surface area contributed by atoms with Crippen molar-refractivity contribution in [2.75, 3.05) is 20.2 Å². The summed E-state index contributed by atoms with van der Waals surface area (Å²) in [4.78, 5) is 11.9. The molecule has 21 heavy (non-hydrogen) atoms. The number of alkyl halides is 3. The van der Waals surface area contributed by atoms with E-state index in [2.05, 4.69) is 10.6 Å². The molecule has 0 bridgehead atoms. The van der Waals surface area contributed by atoms with E-state index in [1.807, 2.05) is 0 Å². The minimum Gasteiger partial charge on any atom is -0.378 e. The molecular formula is C14H17F3N2O2. The van der Waals surface area contributed by atoms with Gasteiger partial charge in [0, 0.05) is 20.2 Å². The van der Waals surface area contributed by atoms with E-state index in [0.717, 1.165) is 12.1 Å². The summed E-state index contributed by atoms with van der Waals surface area (Å²) in [7, 11) is 1.58. The molecule has 1 aliphatic rings. The van der Waals surface area contributed by atoms with Gasteiger partial charge < -0.3 is 15.4 Å². The van der Waals surface area contributed by atoms with Gasteiger partial charge in [-0.3, -0.25) is 4.79 Å². The highest BCUT2D eigenvalue weighted by atomic mass is 19.4. The first-order chi connectivity index (χ1) is 9.90. The van der Waals surface area contributed by atoms with Crippen LogP contribution in [0, 0.1) is 0 Å². The maximum Gasteiger partial charge on any atom is 0.416 e. The van der Waals surface area contributed by atoms with Crippen LogP contribution in [-0.2, 0) is 22.1 Å². The average molecular weight is 302 g/mol. The molecule has 2 N–H and O–H groups in total. The summed E-state index contributed by atoms with van der Waals surface area (Å²) in [6.07, 6.45) is -4.39. The smallest absolute Gasteiger partial charge is 0.378 e. The zero-order valence-corrected chi connectivity index (χ0v) is 11.5. The predicted molar refractivity (Wildman–Crippen MR) is 70.7 cm³/mol. The summed E-state index contributed by atoms with van der Waals surface area (Å²) in [6, 6.07) is 4.50. The van der Waals surface area contributed by atoms with Crippen molar-refractivity contribution in [3.05, 3.63) is 35.4 Å². The fourth-order valence-corrected chi connectivity index (χ4v) is 2.30. The van der Waals surface area contributed by atoms with E-state index in [9.17, 15) is 18.0 Å². The van der Waals surface area contributed by atoms with Gasteiger partial charge in [0.15, 0.2) is 0 Å². The van der Waals surface area contributed by atoms with Gasteiger partial charge >= 0.3 is 6.18 Å². The summed E-state index contributed by atoms with van der Waals surface area (Å²) in [5.41, 5.74) is -0.175. The molecule has 0 spiro atoms. The summed E-state index contributed by atoms with van der Waals surface area (Å²) in [5, 5.41) is 5.93. The number of benzene rings is 1. The number of amides is 1. The number of methoxy groups -OCH3 is 1. The van der Waals surface area contributed by atoms with Crippen molar-refractivity contribution in [3.63, 3.8) is 0 Å². The molecule has 2 rings (SSSR count). The molecule has 0 aromatic heterocycles. The molecular weight excluding hydrogens is 285 g/mol. The van der Waals surface area contributed by atoms with Crippen molar-refractivity contribution >= 4 is 5.91 Å². The number of hydrogen-bond donors (Lipinski definition) is 2. The lowest BCUT2D eigenvalue weighted by Gasteiger charge is -2.18. The van der Waals surface area contributed by atoms with Gasteiger partial charge in [-0.1, -0.05) is 12.1 Å². The first-order valence-electron chi connectivity index (χ1n) is 6.59. The number of carbonyl (C=O) groups is 1. The minimum atomic E-state index is -4.36. The molecule has 4 nitrogen and oxygen atoms in total. The third-order valence-corrected chi connectivity index (χ3v) is 3.45. The second-order valence-electron chi connectivity index (χ2n) is 4.98. The molecule has 1 unspecified atom stereocenters. The molecule has 0 radical (unpaired) electrons. The highest BCUT2D eigenvalue weighted by Crippen LogP contribution is 2.29. The Kier molecular flexibility index (Phi) is 4.84. The lowest BCUT2D eigenvalue weighted by molar-refractivity contribution is -0.137. The van der Waals surface area contributed by atoms with Crippen LogP contribution in [0.2, 0.25) is 0 Å². The average Bonchev–Trinajstić information content (AvgIpc) is 2.85. The monoisotopic (exact) mass is 302 g/mol. The largest absolute Gasteiger partial charge is 0.416 e. The predicted octanol–water partition coefficient (Wildman–Crippen LogP) is 1.35. The Balaban J connectivity index is 1.91. The van der Waals surface area contributed by atoms with Crippen LogP contribution < -0.4 is 10.6 Å². The molecule has 2 atom stereocenters. The molecule has 1 saturated heterocycles. The van der Waals surface area contributed by atoms with Gasteiger partial charge in [-0.2, -0.15) is 13.2 Å². The molecule has 0 saturated carbocycles. The van der Waals surface area contributed by atoms with Gasteiger partial charge in [0.1, 0.15) is 0 Å². The van der Waals surface area contributed by atoms with Gasteiger partial charge in [-0.05, 0) is 17.7 Å². The molecule has 1 fully saturated rings. The standard InChI is InChI=1S/C14H17F3N2O2/c1-21-12-8-18-7-11(12)19-13(20)6-9-2-4-10(5-3-9)14(15,16)17/h2-5,11-12,18H,6-8H2,1H3,(H,19,20)/t11?,12-/m0/s1. The number of hydrogen-bond acceptors (Lipinski definition) is 3. The summed E-state index contributed by atoms with van der Waals surface area (Å²) < 4.78 is 42.5. The summed E-state index contributed by atoms with van der Waals surface area (Å²) in [5.74, 6) is -0.231. The fraction of sp³-hybridized carbons (Fsp3) is 0.500. The Morgan fingerprint density at radius 3 is 2.57 bits per heavy atom. The van der Waals surface area contributed by atoms with Gasteiger partial charge in [-0.25, -0.2) is 0 Å². The fourth-order valence-electron chi connectivity index (χ4n) is 2.30. The molecule has 1 aromatic carbocycles. The van der Waals surface area contributed by atoms with Crippen LogP contribution in [0.4, 0.5) is 13.2 Å². The highest BCUT2D eigenvalue weighted by Gasteiger charge is 2.30. The quantitative estimate of drug-likeness (QED) is 0.883. The summed E-state index contributed by atoms with van der Waals surface area (Å²) in [6.45, 7) is 1.29. The third kappa shape index (κ3) is 4.18. The van der Waals surface area contributed by atoms with E-state index >= 15 is 0 Å². The lowest BCUT2D eigenvalue weighted by Crippen LogP contribution is -2.44. The first-order valence-corrected chi connectivity index (χ1v) is 6.59. The summed E-state index contributed by atoms with van der Waals surface area (Å²) >= 11 is 0. The SMILES string of the molecule is CO[C@H]1CNCC1NC(=O)Cc1ccc(C(F)(F)F)cc1. The topological polar surface area (TPSA) is 50.4 Å². The van der Waals surface area contributed by atoms with Gasteiger partial charge in [0.05, 0.1) is 24.1 Å². The maximum absolute atomic E-state index is 12.4.